The number of rotatable bonds is 3. The molecule has 1 unspecified atom stereocenters. The summed E-state index contributed by atoms with van der Waals surface area (Å²) >= 11 is 5.93. The van der Waals surface area contributed by atoms with E-state index in [-0.39, 0.29) is 24.1 Å². The minimum atomic E-state index is -0.395. The maximum atomic E-state index is 13.2. The third-order valence-corrected chi connectivity index (χ3v) is 6.12. The normalized spacial score (nSPS) is 18.4. The highest BCUT2D eigenvalue weighted by molar-refractivity contribution is 6.30. The van der Waals surface area contributed by atoms with Crippen LogP contribution in [0.4, 0.5) is 10.1 Å². The predicted octanol–water partition coefficient (Wildman–Crippen LogP) is 4.07. The molecule has 0 radical (unpaired) electrons. The highest BCUT2D eigenvalue weighted by Crippen LogP contribution is 2.32. The second kappa shape index (κ2) is 7.81. The molecule has 0 aliphatic carbocycles. The molecule has 0 saturated carbocycles. The van der Waals surface area contributed by atoms with Crippen LogP contribution in [0.25, 0.3) is 11.3 Å². The Hall–Kier alpha value is -3.19. The predicted molar refractivity (Wildman–Crippen MR) is 113 cm³/mol. The topological polar surface area (TPSA) is 66.7 Å². The lowest BCUT2D eigenvalue weighted by Crippen LogP contribution is -2.40. The molecule has 5 rings (SSSR count). The van der Waals surface area contributed by atoms with E-state index in [1.54, 1.807) is 46.2 Å². The Morgan fingerprint density at radius 1 is 1.13 bits per heavy atom. The molecule has 1 fully saturated rings. The van der Waals surface area contributed by atoms with Gasteiger partial charge in [0.2, 0.25) is 11.8 Å². The van der Waals surface area contributed by atoms with Crippen molar-refractivity contribution in [3.8, 4) is 11.3 Å². The van der Waals surface area contributed by atoms with E-state index in [2.05, 4.69) is 5.16 Å². The minimum Gasteiger partial charge on any atom is -0.356 e. The van der Waals surface area contributed by atoms with Gasteiger partial charge < -0.3 is 14.3 Å². The minimum absolute atomic E-state index is 0.0539. The van der Waals surface area contributed by atoms with Gasteiger partial charge in [0.25, 0.3) is 0 Å². The van der Waals surface area contributed by atoms with Gasteiger partial charge in [0.1, 0.15) is 11.5 Å². The van der Waals surface area contributed by atoms with Crippen molar-refractivity contribution in [2.24, 2.45) is 5.92 Å². The highest BCUT2D eigenvalue weighted by atomic mass is 35.5. The van der Waals surface area contributed by atoms with Gasteiger partial charge in [0, 0.05) is 41.3 Å². The first-order valence-corrected chi connectivity index (χ1v) is 10.5. The van der Waals surface area contributed by atoms with Gasteiger partial charge in [-0.3, -0.25) is 9.59 Å². The van der Waals surface area contributed by atoms with Crippen molar-refractivity contribution >= 4 is 29.1 Å². The van der Waals surface area contributed by atoms with Gasteiger partial charge in [-0.25, -0.2) is 4.39 Å². The molecule has 3 heterocycles. The van der Waals surface area contributed by atoms with Crippen LogP contribution in [0.1, 0.15) is 17.7 Å². The summed E-state index contributed by atoms with van der Waals surface area (Å²) in [5.41, 5.74) is 3.15. The number of aromatic nitrogens is 1. The molecule has 0 spiro atoms. The monoisotopic (exact) mass is 439 g/mol. The molecule has 2 aromatic carbocycles. The smallest absolute Gasteiger partial charge is 0.228 e. The molecule has 1 aromatic heterocycles. The molecule has 2 aliphatic rings. The summed E-state index contributed by atoms with van der Waals surface area (Å²) in [5.74, 6) is -0.215. The number of nitrogens with zero attached hydrogens (tertiary/aromatic N) is 3. The molecule has 31 heavy (non-hydrogen) atoms. The van der Waals surface area contributed by atoms with Gasteiger partial charge >= 0.3 is 0 Å². The molecule has 2 aliphatic heterocycles. The Morgan fingerprint density at radius 3 is 2.61 bits per heavy atom. The molecule has 158 valence electrons. The van der Waals surface area contributed by atoms with Crippen molar-refractivity contribution in [2.45, 2.75) is 19.4 Å². The fraction of sp³-hybridized carbons (Fsp3) is 0.261. The third kappa shape index (κ3) is 3.70. The third-order valence-electron chi connectivity index (χ3n) is 5.87. The Balaban J connectivity index is 1.29. The van der Waals surface area contributed by atoms with Gasteiger partial charge in [0.15, 0.2) is 5.76 Å². The summed E-state index contributed by atoms with van der Waals surface area (Å²) in [5, 5.41) is 4.75. The Morgan fingerprint density at radius 2 is 1.87 bits per heavy atom. The lowest BCUT2D eigenvalue weighted by atomic mass is 9.99. The van der Waals surface area contributed by atoms with Gasteiger partial charge in [-0.05, 0) is 55.0 Å². The number of benzene rings is 2. The summed E-state index contributed by atoms with van der Waals surface area (Å²) < 4.78 is 18.7. The Bertz CT molecular complexity index is 1140. The quantitative estimate of drug-likeness (QED) is 0.617. The lowest BCUT2D eigenvalue weighted by molar-refractivity contribution is -0.136. The maximum absolute atomic E-state index is 13.2. The number of carbonyl (C=O) groups excluding carboxylic acids is 2. The van der Waals surface area contributed by atoms with E-state index in [4.69, 9.17) is 16.1 Å². The van der Waals surface area contributed by atoms with E-state index in [0.29, 0.717) is 42.5 Å². The standard InChI is InChI=1S/C23H19ClFN3O3/c24-16-3-7-18(8-4-16)28-12-15(11-21(28)29)23(30)27-10-9-19-20(13-27)26-31-22(19)14-1-5-17(25)6-2-14/h1-8,15H,9-13H2. The number of hydrogen-bond acceptors (Lipinski definition) is 4. The van der Waals surface area contributed by atoms with Gasteiger partial charge in [-0.1, -0.05) is 16.8 Å². The van der Waals surface area contributed by atoms with Crippen molar-refractivity contribution in [2.75, 3.05) is 18.0 Å². The summed E-state index contributed by atoms with van der Waals surface area (Å²) in [7, 11) is 0. The van der Waals surface area contributed by atoms with Gasteiger partial charge in [-0.2, -0.15) is 0 Å². The van der Waals surface area contributed by atoms with Crippen molar-refractivity contribution in [1.29, 1.82) is 0 Å². The summed E-state index contributed by atoms with van der Waals surface area (Å²) in [6.07, 6.45) is 0.781. The molecule has 0 bridgehead atoms. The zero-order valence-electron chi connectivity index (χ0n) is 16.6. The van der Waals surface area contributed by atoms with Crippen LogP contribution in [0.2, 0.25) is 5.02 Å². The van der Waals surface area contributed by atoms with Crippen LogP contribution in [0, 0.1) is 11.7 Å². The Labute approximate surface area is 183 Å². The van der Waals surface area contributed by atoms with E-state index in [9.17, 15) is 14.0 Å². The van der Waals surface area contributed by atoms with Crippen molar-refractivity contribution in [3.05, 3.63) is 70.6 Å². The maximum Gasteiger partial charge on any atom is 0.228 e. The lowest BCUT2D eigenvalue weighted by Gasteiger charge is -2.28. The van der Waals surface area contributed by atoms with E-state index >= 15 is 0 Å². The fourth-order valence-electron chi connectivity index (χ4n) is 4.25. The molecule has 6 nitrogen and oxygen atoms in total. The summed E-state index contributed by atoms with van der Waals surface area (Å²) in [6, 6.07) is 13.1. The molecule has 3 aromatic rings. The highest BCUT2D eigenvalue weighted by Gasteiger charge is 2.38. The largest absolute Gasteiger partial charge is 0.356 e. The van der Waals surface area contributed by atoms with Crippen LogP contribution < -0.4 is 4.90 Å². The first-order valence-electron chi connectivity index (χ1n) is 10.1. The summed E-state index contributed by atoms with van der Waals surface area (Å²) in [6.45, 7) is 1.21. The molecule has 1 atom stereocenters. The van der Waals surface area contributed by atoms with Crippen molar-refractivity contribution in [3.63, 3.8) is 0 Å². The second-order valence-corrected chi connectivity index (χ2v) is 8.27. The van der Waals surface area contributed by atoms with Crippen LogP contribution in [0.3, 0.4) is 0 Å². The molecule has 1 saturated heterocycles. The molecule has 0 N–H and O–H groups in total. The first kappa shape index (κ1) is 19.8. The van der Waals surface area contributed by atoms with E-state index in [1.807, 2.05) is 0 Å². The molecular formula is C23H19ClFN3O3. The second-order valence-electron chi connectivity index (χ2n) is 7.84. The van der Waals surface area contributed by atoms with Crippen LogP contribution >= 0.6 is 11.6 Å². The fourth-order valence-corrected chi connectivity index (χ4v) is 4.37. The SMILES string of the molecule is O=C(C1CC(=O)N(c2ccc(Cl)cc2)C1)N1CCc2c(noc2-c2ccc(F)cc2)C1. The number of fused-ring (bicyclic) bond motifs is 1. The number of hydrogen-bond donors (Lipinski definition) is 0. The van der Waals surface area contributed by atoms with Crippen molar-refractivity contribution in [1.82, 2.24) is 10.1 Å². The molecule has 8 heteroatoms. The zero-order chi connectivity index (χ0) is 21.5. The van der Waals surface area contributed by atoms with Crippen molar-refractivity contribution < 1.29 is 18.5 Å². The van der Waals surface area contributed by atoms with E-state index < -0.39 is 5.92 Å². The number of carbonyl (C=O) groups is 2. The molecule has 2 amide bonds. The van der Waals surface area contributed by atoms with Gasteiger partial charge in [0.05, 0.1) is 12.5 Å². The van der Waals surface area contributed by atoms with Crippen LogP contribution in [-0.4, -0.2) is 35.0 Å². The first-order chi connectivity index (χ1) is 15.0. The van der Waals surface area contributed by atoms with E-state index in [0.717, 1.165) is 16.8 Å². The average molecular weight is 440 g/mol. The summed E-state index contributed by atoms with van der Waals surface area (Å²) in [4.78, 5) is 29.0. The number of anilines is 1. The number of halogens is 2. The molecular weight excluding hydrogens is 421 g/mol. The van der Waals surface area contributed by atoms with Crippen LogP contribution in [-0.2, 0) is 22.6 Å². The zero-order valence-corrected chi connectivity index (χ0v) is 17.3. The van der Waals surface area contributed by atoms with Crippen LogP contribution in [0.15, 0.2) is 53.1 Å². The van der Waals surface area contributed by atoms with Crippen LogP contribution in [0.5, 0.6) is 0 Å². The average Bonchev–Trinajstić information content (AvgIpc) is 3.38. The Kier molecular flexibility index (Phi) is 4.98. The van der Waals surface area contributed by atoms with Gasteiger partial charge in [-0.15, -0.1) is 0 Å². The van der Waals surface area contributed by atoms with E-state index in [1.165, 1.54) is 12.1 Å². The number of amides is 2.